The van der Waals surface area contributed by atoms with Crippen molar-refractivity contribution in [2.45, 2.75) is 6.54 Å². The summed E-state index contributed by atoms with van der Waals surface area (Å²) in [6.07, 6.45) is 5.33. The Morgan fingerprint density at radius 1 is 1.56 bits per heavy atom. The zero-order chi connectivity index (χ0) is 13.0. The van der Waals surface area contributed by atoms with E-state index in [1.807, 2.05) is 18.3 Å². The molecule has 94 valence electrons. The molecule has 0 amide bonds. The van der Waals surface area contributed by atoms with Crippen LogP contribution in [0.3, 0.4) is 0 Å². The molecule has 1 heterocycles. The normalized spacial score (nSPS) is 10.1. The zero-order valence-corrected chi connectivity index (χ0v) is 10.8. The number of anilines is 1. The van der Waals surface area contributed by atoms with Crippen molar-refractivity contribution in [3.8, 4) is 5.75 Å². The van der Waals surface area contributed by atoms with Gasteiger partial charge in [0.25, 0.3) is 0 Å². The fourth-order valence-corrected chi connectivity index (χ4v) is 1.76. The van der Waals surface area contributed by atoms with Crippen LogP contribution in [0.15, 0.2) is 37.2 Å². The number of nitrogens with zero attached hydrogens (tertiary/aromatic N) is 2. The number of hydrogen-bond acceptors (Lipinski definition) is 3. The lowest BCUT2D eigenvalue weighted by Gasteiger charge is -2.10. The second-order valence-electron chi connectivity index (χ2n) is 3.71. The van der Waals surface area contributed by atoms with Crippen LogP contribution in [0.2, 0.25) is 5.02 Å². The summed E-state index contributed by atoms with van der Waals surface area (Å²) in [6, 6.07) is 5.46. The van der Waals surface area contributed by atoms with Crippen LogP contribution in [0.4, 0.5) is 5.69 Å². The molecule has 0 saturated heterocycles. The van der Waals surface area contributed by atoms with E-state index in [0.29, 0.717) is 11.6 Å². The first-order chi connectivity index (χ1) is 8.72. The van der Waals surface area contributed by atoms with Gasteiger partial charge < -0.3 is 10.1 Å². The largest absolute Gasteiger partial charge is 0.495 e. The average Bonchev–Trinajstić information content (AvgIpc) is 2.84. The van der Waals surface area contributed by atoms with Crippen molar-refractivity contribution in [3.05, 3.63) is 47.8 Å². The molecular formula is C13H14ClN3O. The van der Waals surface area contributed by atoms with E-state index in [1.54, 1.807) is 30.3 Å². The zero-order valence-electron chi connectivity index (χ0n) is 10.1. The third-order valence-corrected chi connectivity index (χ3v) is 2.72. The molecule has 0 radical (unpaired) electrons. The highest BCUT2D eigenvalue weighted by Gasteiger charge is 2.04. The Bertz CT molecular complexity index is 551. The van der Waals surface area contributed by atoms with Crippen molar-refractivity contribution >= 4 is 23.5 Å². The maximum atomic E-state index is 5.96. The third-order valence-electron chi connectivity index (χ3n) is 2.49. The average molecular weight is 264 g/mol. The van der Waals surface area contributed by atoms with Crippen LogP contribution < -0.4 is 10.1 Å². The Morgan fingerprint density at radius 3 is 3.06 bits per heavy atom. The molecule has 4 nitrogen and oxygen atoms in total. The van der Waals surface area contributed by atoms with Gasteiger partial charge in [0, 0.05) is 29.5 Å². The van der Waals surface area contributed by atoms with Gasteiger partial charge in [0.1, 0.15) is 5.75 Å². The van der Waals surface area contributed by atoms with Gasteiger partial charge in [-0.3, -0.25) is 0 Å². The summed E-state index contributed by atoms with van der Waals surface area (Å²) in [4.78, 5) is 0. The molecule has 0 spiro atoms. The molecule has 0 aliphatic heterocycles. The Hall–Kier alpha value is -1.94. The molecule has 0 atom stereocenters. The smallest absolute Gasteiger partial charge is 0.142 e. The summed E-state index contributed by atoms with van der Waals surface area (Å²) in [7, 11) is 1.63. The number of halogens is 1. The summed E-state index contributed by atoms with van der Waals surface area (Å²) in [5, 5.41) is 8.04. The quantitative estimate of drug-likeness (QED) is 0.900. The number of ether oxygens (including phenoxy) is 1. The number of rotatable bonds is 5. The third kappa shape index (κ3) is 2.84. The van der Waals surface area contributed by atoms with E-state index >= 15 is 0 Å². The predicted octanol–water partition coefficient (Wildman–Crippen LogP) is 3.26. The van der Waals surface area contributed by atoms with Gasteiger partial charge in [0.15, 0.2) is 0 Å². The molecule has 5 heteroatoms. The molecule has 0 aliphatic carbocycles. The Kier molecular flexibility index (Phi) is 3.89. The first kappa shape index (κ1) is 12.5. The van der Waals surface area contributed by atoms with Crippen molar-refractivity contribution in [2.75, 3.05) is 12.4 Å². The molecular weight excluding hydrogens is 250 g/mol. The minimum absolute atomic E-state index is 0.643. The summed E-state index contributed by atoms with van der Waals surface area (Å²) in [5.74, 6) is 0.760. The molecule has 1 aromatic carbocycles. The second kappa shape index (κ2) is 5.60. The van der Waals surface area contributed by atoms with Gasteiger partial charge >= 0.3 is 0 Å². The lowest BCUT2D eigenvalue weighted by Crippen LogP contribution is -2.00. The van der Waals surface area contributed by atoms with E-state index in [4.69, 9.17) is 16.3 Å². The molecule has 0 bridgehead atoms. The van der Waals surface area contributed by atoms with E-state index in [-0.39, 0.29) is 0 Å². The van der Waals surface area contributed by atoms with Gasteiger partial charge in [-0.05, 0) is 18.2 Å². The summed E-state index contributed by atoms with van der Waals surface area (Å²) < 4.78 is 6.92. The van der Waals surface area contributed by atoms with E-state index in [1.165, 1.54) is 0 Å². The van der Waals surface area contributed by atoms with Crippen LogP contribution in [0.25, 0.3) is 6.20 Å². The van der Waals surface area contributed by atoms with Gasteiger partial charge in [-0.25, -0.2) is 4.68 Å². The molecule has 2 rings (SSSR count). The standard InChI is InChI=1S/C13H14ClN3O/c1-3-17-9-10(8-16-17)7-15-12-6-11(14)4-5-13(12)18-2/h3-6,8-9,15H,1,7H2,2H3. The van der Waals surface area contributed by atoms with Crippen molar-refractivity contribution in [2.24, 2.45) is 0 Å². The van der Waals surface area contributed by atoms with Crippen molar-refractivity contribution < 1.29 is 4.74 Å². The molecule has 1 N–H and O–H groups in total. The van der Waals surface area contributed by atoms with Crippen molar-refractivity contribution in [1.82, 2.24) is 9.78 Å². The fourth-order valence-electron chi connectivity index (χ4n) is 1.58. The first-order valence-electron chi connectivity index (χ1n) is 5.46. The molecule has 1 aromatic heterocycles. The lowest BCUT2D eigenvalue weighted by molar-refractivity contribution is 0.416. The highest BCUT2D eigenvalue weighted by Crippen LogP contribution is 2.27. The van der Waals surface area contributed by atoms with Gasteiger partial charge in [0.05, 0.1) is 19.0 Å². The molecule has 18 heavy (non-hydrogen) atoms. The van der Waals surface area contributed by atoms with Gasteiger partial charge in [-0.1, -0.05) is 18.2 Å². The Balaban J connectivity index is 2.09. The highest BCUT2D eigenvalue weighted by atomic mass is 35.5. The molecule has 0 aliphatic rings. The van der Waals surface area contributed by atoms with E-state index in [9.17, 15) is 0 Å². The first-order valence-corrected chi connectivity index (χ1v) is 5.83. The summed E-state index contributed by atoms with van der Waals surface area (Å²) >= 11 is 5.96. The van der Waals surface area contributed by atoms with Crippen LogP contribution in [-0.2, 0) is 6.54 Å². The monoisotopic (exact) mass is 263 g/mol. The van der Waals surface area contributed by atoms with Gasteiger partial charge in [0.2, 0.25) is 0 Å². The number of hydrogen-bond donors (Lipinski definition) is 1. The maximum absolute atomic E-state index is 5.96. The van der Waals surface area contributed by atoms with Crippen LogP contribution in [0, 0.1) is 0 Å². The van der Waals surface area contributed by atoms with Crippen molar-refractivity contribution in [3.63, 3.8) is 0 Å². The fraction of sp³-hybridized carbons (Fsp3) is 0.154. The molecule has 0 unspecified atom stereocenters. The van der Waals surface area contributed by atoms with Crippen LogP contribution in [0.5, 0.6) is 5.75 Å². The number of nitrogens with one attached hydrogen (secondary N) is 1. The van der Waals surface area contributed by atoms with Crippen LogP contribution in [-0.4, -0.2) is 16.9 Å². The van der Waals surface area contributed by atoms with Gasteiger partial charge in [-0.15, -0.1) is 0 Å². The maximum Gasteiger partial charge on any atom is 0.142 e. The Labute approximate surface area is 111 Å². The van der Waals surface area contributed by atoms with Crippen molar-refractivity contribution in [1.29, 1.82) is 0 Å². The minimum atomic E-state index is 0.643. The van der Waals surface area contributed by atoms with E-state index in [0.717, 1.165) is 17.0 Å². The Morgan fingerprint density at radius 2 is 2.39 bits per heavy atom. The van der Waals surface area contributed by atoms with Crippen LogP contribution >= 0.6 is 11.6 Å². The van der Waals surface area contributed by atoms with E-state index < -0.39 is 0 Å². The number of methoxy groups -OCH3 is 1. The minimum Gasteiger partial charge on any atom is -0.495 e. The predicted molar refractivity (Wildman–Crippen MR) is 73.9 cm³/mol. The second-order valence-corrected chi connectivity index (χ2v) is 4.15. The van der Waals surface area contributed by atoms with Gasteiger partial charge in [-0.2, -0.15) is 5.10 Å². The molecule has 2 aromatic rings. The number of benzene rings is 1. The highest BCUT2D eigenvalue weighted by molar-refractivity contribution is 6.30. The lowest BCUT2D eigenvalue weighted by atomic mass is 10.2. The van der Waals surface area contributed by atoms with E-state index in [2.05, 4.69) is 17.0 Å². The summed E-state index contributed by atoms with van der Waals surface area (Å²) in [5.41, 5.74) is 1.91. The topological polar surface area (TPSA) is 39.1 Å². The SMILES string of the molecule is C=Cn1cc(CNc2cc(Cl)ccc2OC)cn1. The molecule has 0 fully saturated rings. The number of aromatic nitrogens is 2. The van der Waals surface area contributed by atoms with Crippen LogP contribution in [0.1, 0.15) is 5.56 Å². The summed E-state index contributed by atoms with van der Waals surface area (Å²) in [6.45, 7) is 4.29. The molecule has 0 saturated carbocycles.